The van der Waals surface area contributed by atoms with Gasteiger partial charge in [-0.15, -0.1) is 0 Å². The SMILES string of the molecule is N#Cc1cnn(-c2ncccn2)c1N.NC(=O)c1ccc2c(N)c(O)c(CO)cc2c1. The number of nitrogens with two attached hydrogens (primary N) is 3. The Bertz CT molecular complexity index is 1300. The molecule has 0 fully saturated rings. The van der Waals surface area contributed by atoms with Gasteiger partial charge in [-0.25, -0.2) is 9.97 Å². The number of carbonyl (C=O) groups is 1. The molecule has 0 aliphatic rings. The van der Waals surface area contributed by atoms with Crippen molar-refractivity contribution < 1.29 is 15.0 Å². The number of primary amides is 1. The van der Waals surface area contributed by atoms with Gasteiger partial charge in [0.05, 0.1) is 18.5 Å². The van der Waals surface area contributed by atoms with Gasteiger partial charge in [-0.05, 0) is 29.7 Å². The summed E-state index contributed by atoms with van der Waals surface area (Å²) in [4.78, 5) is 19.0. The molecule has 0 radical (unpaired) electrons. The van der Waals surface area contributed by atoms with Crippen molar-refractivity contribution in [2.45, 2.75) is 6.61 Å². The lowest BCUT2D eigenvalue weighted by Crippen LogP contribution is -2.10. The standard InChI is InChI=1S/C12H12N2O3.C8H6N6/c13-10-9-2-1-6(12(14)17)3-7(9)4-8(5-15)11(10)16;9-4-6-5-13-14(7(6)10)8-11-2-1-3-12-8/h1-4,15-16H,5,13H2,(H2,14,17);1-3,5H,10H2. The Morgan fingerprint density at radius 1 is 1.19 bits per heavy atom. The Balaban J connectivity index is 0.000000179. The van der Waals surface area contributed by atoms with Crippen LogP contribution in [0.3, 0.4) is 0 Å². The van der Waals surface area contributed by atoms with Crippen molar-refractivity contribution >= 4 is 28.2 Å². The van der Waals surface area contributed by atoms with Crippen LogP contribution in [0.1, 0.15) is 21.5 Å². The number of phenols is 1. The van der Waals surface area contributed by atoms with E-state index in [9.17, 15) is 9.90 Å². The number of benzene rings is 2. The quantitative estimate of drug-likeness (QED) is 0.236. The molecule has 0 spiro atoms. The highest BCUT2D eigenvalue weighted by molar-refractivity contribution is 6.02. The first-order valence-corrected chi connectivity index (χ1v) is 8.83. The highest BCUT2D eigenvalue weighted by Gasteiger charge is 2.11. The molecule has 0 saturated carbocycles. The third-order valence-electron chi connectivity index (χ3n) is 4.35. The summed E-state index contributed by atoms with van der Waals surface area (Å²) in [5.41, 5.74) is 17.7. The second-order valence-corrected chi connectivity index (χ2v) is 6.27. The van der Waals surface area contributed by atoms with Crippen molar-refractivity contribution in [1.82, 2.24) is 19.7 Å². The minimum atomic E-state index is -0.538. The van der Waals surface area contributed by atoms with Crippen molar-refractivity contribution in [1.29, 1.82) is 5.26 Å². The van der Waals surface area contributed by atoms with Gasteiger partial charge in [-0.1, -0.05) is 6.07 Å². The molecule has 2 heterocycles. The van der Waals surface area contributed by atoms with E-state index in [1.54, 1.807) is 42.7 Å². The van der Waals surface area contributed by atoms with Crippen LogP contribution in [0.15, 0.2) is 48.9 Å². The number of carbonyl (C=O) groups excluding carboxylic acids is 1. The van der Waals surface area contributed by atoms with Crippen molar-refractivity contribution in [3.63, 3.8) is 0 Å². The van der Waals surface area contributed by atoms with Gasteiger partial charge >= 0.3 is 0 Å². The number of aromatic nitrogens is 4. The summed E-state index contributed by atoms with van der Waals surface area (Å²) in [5.74, 6) is -0.0684. The van der Waals surface area contributed by atoms with E-state index in [1.165, 1.54) is 10.9 Å². The zero-order valence-electron chi connectivity index (χ0n) is 16.1. The minimum Gasteiger partial charge on any atom is -0.505 e. The van der Waals surface area contributed by atoms with Crippen molar-refractivity contribution in [3.8, 4) is 17.8 Å². The predicted molar refractivity (Wildman–Crippen MR) is 113 cm³/mol. The number of nitriles is 1. The highest BCUT2D eigenvalue weighted by Crippen LogP contribution is 2.34. The first-order chi connectivity index (χ1) is 14.9. The molecular formula is C20H18N8O3. The lowest BCUT2D eigenvalue weighted by Gasteiger charge is -2.09. The van der Waals surface area contributed by atoms with E-state index < -0.39 is 5.91 Å². The first kappa shape index (κ1) is 21.0. The summed E-state index contributed by atoms with van der Waals surface area (Å²) < 4.78 is 1.32. The molecule has 4 aromatic rings. The maximum atomic E-state index is 11.0. The summed E-state index contributed by atoms with van der Waals surface area (Å²) in [5, 5.41) is 32.6. The monoisotopic (exact) mass is 418 g/mol. The average Bonchev–Trinajstić information content (AvgIpc) is 3.17. The number of nitrogen functional groups attached to an aromatic ring is 2. The number of amides is 1. The number of nitrogens with zero attached hydrogens (tertiary/aromatic N) is 5. The van der Waals surface area contributed by atoms with Crippen molar-refractivity contribution in [3.05, 3.63) is 65.6 Å². The van der Waals surface area contributed by atoms with Gasteiger partial charge in [0.1, 0.15) is 23.2 Å². The largest absolute Gasteiger partial charge is 0.505 e. The second-order valence-electron chi connectivity index (χ2n) is 6.27. The molecule has 0 aliphatic heterocycles. The van der Waals surface area contributed by atoms with Crippen LogP contribution < -0.4 is 17.2 Å². The van der Waals surface area contributed by atoms with Gasteiger partial charge in [0, 0.05) is 28.9 Å². The number of aromatic hydroxyl groups is 1. The minimum absolute atomic E-state index is 0.133. The zero-order chi connectivity index (χ0) is 22.5. The summed E-state index contributed by atoms with van der Waals surface area (Å²) in [6.45, 7) is -0.327. The summed E-state index contributed by atoms with van der Waals surface area (Å²) in [7, 11) is 0. The van der Waals surface area contributed by atoms with Crippen LogP contribution in [0.25, 0.3) is 16.7 Å². The number of hydrogen-bond donors (Lipinski definition) is 5. The van der Waals surface area contributed by atoms with Gasteiger partial charge < -0.3 is 27.4 Å². The van der Waals surface area contributed by atoms with Crippen molar-refractivity contribution in [2.24, 2.45) is 5.73 Å². The van der Waals surface area contributed by atoms with E-state index in [1.807, 2.05) is 6.07 Å². The molecule has 31 heavy (non-hydrogen) atoms. The fourth-order valence-corrected chi connectivity index (χ4v) is 2.76. The molecule has 0 saturated heterocycles. The van der Waals surface area contributed by atoms with Crippen LogP contribution in [0.2, 0.25) is 0 Å². The van der Waals surface area contributed by atoms with E-state index in [0.717, 1.165) is 0 Å². The molecule has 11 nitrogen and oxygen atoms in total. The van der Waals surface area contributed by atoms with Crippen molar-refractivity contribution in [2.75, 3.05) is 11.5 Å². The normalized spacial score (nSPS) is 10.2. The van der Waals surface area contributed by atoms with Crippen LogP contribution >= 0.6 is 0 Å². The Kier molecular flexibility index (Phi) is 5.95. The lowest BCUT2D eigenvalue weighted by molar-refractivity contribution is 0.100. The summed E-state index contributed by atoms with van der Waals surface area (Å²) in [6, 6.07) is 9.92. The number of aliphatic hydroxyl groups is 1. The van der Waals surface area contributed by atoms with E-state index in [2.05, 4.69) is 15.1 Å². The van der Waals surface area contributed by atoms with E-state index in [-0.39, 0.29) is 23.9 Å². The number of hydrogen-bond acceptors (Lipinski definition) is 9. The molecule has 2 aromatic carbocycles. The third kappa shape index (κ3) is 4.19. The molecule has 0 aliphatic carbocycles. The lowest BCUT2D eigenvalue weighted by atomic mass is 10.0. The highest BCUT2D eigenvalue weighted by atomic mass is 16.3. The van der Waals surface area contributed by atoms with E-state index in [4.69, 9.17) is 27.6 Å². The molecule has 11 heteroatoms. The molecule has 0 bridgehead atoms. The molecule has 1 amide bonds. The summed E-state index contributed by atoms with van der Waals surface area (Å²) in [6.07, 6.45) is 4.54. The van der Waals surface area contributed by atoms with Gasteiger partial charge in [-0.2, -0.15) is 15.0 Å². The Hall–Kier alpha value is -4.69. The fraction of sp³-hybridized carbons (Fsp3) is 0.0500. The Morgan fingerprint density at radius 2 is 1.90 bits per heavy atom. The van der Waals surface area contributed by atoms with Gasteiger partial charge in [0.2, 0.25) is 5.91 Å². The number of rotatable bonds is 3. The second kappa shape index (κ2) is 8.76. The molecule has 0 unspecified atom stereocenters. The van der Waals surface area contributed by atoms with Gasteiger partial charge in [0.25, 0.3) is 5.95 Å². The fourth-order valence-electron chi connectivity index (χ4n) is 2.76. The average molecular weight is 418 g/mol. The topological polar surface area (TPSA) is 203 Å². The molecule has 0 atom stereocenters. The molecule has 8 N–H and O–H groups in total. The number of aliphatic hydroxyl groups excluding tert-OH is 1. The van der Waals surface area contributed by atoms with Gasteiger partial charge in [0.15, 0.2) is 0 Å². The van der Waals surface area contributed by atoms with E-state index in [0.29, 0.717) is 33.4 Å². The molecule has 4 rings (SSSR count). The number of fused-ring (bicyclic) bond motifs is 1. The zero-order valence-corrected chi connectivity index (χ0v) is 16.1. The van der Waals surface area contributed by atoms with Crippen LogP contribution in [0.5, 0.6) is 5.75 Å². The molecule has 2 aromatic heterocycles. The molecular weight excluding hydrogens is 400 g/mol. The molecule has 156 valence electrons. The maximum Gasteiger partial charge on any atom is 0.252 e. The van der Waals surface area contributed by atoms with Crippen LogP contribution in [0, 0.1) is 11.3 Å². The van der Waals surface area contributed by atoms with Crippen LogP contribution in [0.4, 0.5) is 11.5 Å². The third-order valence-corrected chi connectivity index (χ3v) is 4.35. The van der Waals surface area contributed by atoms with Crippen LogP contribution in [-0.4, -0.2) is 35.9 Å². The summed E-state index contributed by atoms with van der Waals surface area (Å²) >= 11 is 0. The van der Waals surface area contributed by atoms with Crippen LogP contribution in [-0.2, 0) is 6.61 Å². The Morgan fingerprint density at radius 3 is 2.48 bits per heavy atom. The van der Waals surface area contributed by atoms with Gasteiger partial charge in [-0.3, -0.25) is 4.79 Å². The smallest absolute Gasteiger partial charge is 0.252 e. The first-order valence-electron chi connectivity index (χ1n) is 8.83. The van der Waals surface area contributed by atoms with E-state index >= 15 is 0 Å². The Labute approximate surface area is 176 Å². The predicted octanol–water partition coefficient (Wildman–Crippen LogP) is 0.835. The maximum absolute atomic E-state index is 11.0. The number of anilines is 2.